The molecule has 0 aliphatic heterocycles. The molecule has 0 saturated heterocycles. The first-order valence-corrected chi connectivity index (χ1v) is 7.52. The van der Waals surface area contributed by atoms with Gasteiger partial charge in [-0.05, 0) is 37.6 Å². The van der Waals surface area contributed by atoms with Gasteiger partial charge in [0.05, 0.1) is 6.21 Å². The van der Waals surface area contributed by atoms with E-state index in [1.807, 2.05) is 32.0 Å². The van der Waals surface area contributed by atoms with Crippen LogP contribution < -0.4 is 10.1 Å². The van der Waals surface area contributed by atoms with Gasteiger partial charge in [0.15, 0.2) is 6.61 Å². The number of para-hydroxylation sites is 1. The molecule has 0 atom stereocenters. The van der Waals surface area contributed by atoms with Gasteiger partial charge in [-0.25, -0.2) is 0 Å². The Balaban J connectivity index is 1.88. The molecule has 2 aromatic carbocycles. The number of carbonyl (C=O) groups excluding carboxylic acids is 1. The third kappa shape index (κ3) is 5.87. The Morgan fingerprint density at radius 1 is 1.24 bits per heavy atom. The van der Waals surface area contributed by atoms with Crippen LogP contribution in [0.1, 0.15) is 16.7 Å². The maximum atomic E-state index is 12.3. The Morgan fingerprint density at radius 2 is 2.00 bits per heavy atom. The molecule has 0 heterocycles. The van der Waals surface area contributed by atoms with E-state index in [0.29, 0.717) is 11.3 Å². The van der Waals surface area contributed by atoms with Crippen molar-refractivity contribution in [2.75, 3.05) is 11.9 Å². The summed E-state index contributed by atoms with van der Waals surface area (Å²) in [6.07, 6.45) is 1.21. The Hall–Kier alpha value is -2.96. The van der Waals surface area contributed by atoms with Crippen LogP contribution in [0.3, 0.4) is 0 Å². The van der Waals surface area contributed by atoms with Gasteiger partial charge in [-0.2, -0.15) is 8.78 Å². The molecule has 0 saturated carbocycles. The summed E-state index contributed by atoms with van der Waals surface area (Å²) in [7, 11) is 0. The molecular formula is C18H18F2N2O3. The van der Waals surface area contributed by atoms with E-state index in [0.717, 1.165) is 11.1 Å². The van der Waals surface area contributed by atoms with E-state index in [9.17, 15) is 13.6 Å². The number of hydrogen-bond donors (Lipinski definition) is 1. The minimum Gasteiger partial charge on any atom is -0.434 e. The molecule has 0 aliphatic rings. The predicted molar refractivity (Wildman–Crippen MR) is 91.2 cm³/mol. The van der Waals surface area contributed by atoms with Crippen molar-refractivity contribution in [2.45, 2.75) is 20.5 Å². The van der Waals surface area contributed by atoms with Crippen molar-refractivity contribution in [2.24, 2.45) is 5.16 Å². The van der Waals surface area contributed by atoms with Gasteiger partial charge in [0.2, 0.25) is 0 Å². The number of aryl methyl sites for hydroxylation is 2. The lowest BCUT2D eigenvalue weighted by Gasteiger charge is -2.08. The molecule has 0 radical (unpaired) electrons. The van der Waals surface area contributed by atoms with Crippen molar-refractivity contribution in [1.82, 2.24) is 0 Å². The van der Waals surface area contributed by atoms with Gasteiger partial charge >= 0.3 is 6.61 Å². The van der Waals surface area contributed by atoms with Crippen LogP contribution in [-0.2, 0) is 9.63 Å². The molecule has 0 unspecified atom stereocenters. The van der Waals surface area contributed by atoms with E-state index in [4.69, 9.17) is 4.84 Å². The van der Waals surface area contributed by atoms with Crippen LogP contribution >= 0.6 is 0 Å². The number of rotatable bonds is 7. The number of benzene rings is 2. The maximum Gasteiger partial charge on any atom is 0.387 e. The first-order valence-electron chi connectivity index (χ1n) is 7.52. The van der Waals surface area contributed by atoms with Crippen molar-refractivity contribution in [3.63, 3.8) is 0 Å². The zero-order valence-corrected chi connectivity index (χ0v) is 13.8. The van der Waals surface area contributed by atoms with E-state index in [1.54, 1.807) is 18.2 Å². The van der Waals surface area contributed by atoms with Gasteiger partial charge in [0.1, 0.15) is 5.75 Å². The molecule has 1 amide bonds. The zero-order valence-electron chi connectivity index (χ0n) is 13.8. The van der Waals surface area contributed by atoms with Crippen molar-refractivity contribution >= 4 is 17.8 Å². The standard InChI is InChI=1S/C18H18F2N2O3/c1-12-7-8-15(13(2)9-12)22-17(23)11-24-21-10-14-5-3-4-6-16(14)25-18(19)20/h3-10,18H,11H2,1-2H3,(H,22,23)/b21-10-. The smallest absolute Gasteiger partial charge is 0.387 e. The van der Waals surface area contributed by atoms with Gasteiger partial charge in [-0.1, -0.05) is 35.0 Å². The van der Waals surface area contributed by atoms with Gasteiger partial charge in [0, 0.05) is 11.3 Å². The third-order valence-electron chi connectivity index (χ3n) is 3.25. The fourth-order valence-electron chi connectivity index (χ4n) is 2.12. The van der Waals surface area contributed by atoms with Crippen LogP contribution in [0.4, 0.5) is 14.5 Å². The molecule has 0 aliphatic carbocycles. The van der Waals surface area contributed by atoms with Gasteiger partial charge < -0.3 is 14.9 Å². The number of oxime groups is 1. The SMILES string of the molecule is Cc1ccc(NC(=O)CO/N=C\c2ccccc2OC(F)F)c(C)c1. The highest BCUT2D eigenvalue weighted by molar-refractivity contribution is 5.92. The lowest BCUT2D eigenvalue weighted by Crippen LogP contribution is -2.17. The molecular weight excluding hydrogens is 330 g/mol. The third-order valence-corrected chi connectivity index (χ3v) is 3.25. The highest BCUT2D eigenvalue weighted by Crippen LogP contribution is 2.18. The predicted octanol–water partition coefficient (Wildman–Crippen LogP) is 3.89. The van der Waals surface area contributed by atoms with E-state index in [2.05, 4.69) is 15.2 Å². The summed E-state index contributed by atoms with van der Waals surface area (Å²) >= 11 is 0. The Morgan fingerprint density at radius 3 is 2.72 bits per heavy atom. The van der Waals surface area contributed by atoms with E-state index >= 15 is 0 Å². The normalized spacial score (nSPS) is 10.9. The lowest BCUT2D eigenvalue weighted by atomic mass is 10.1. The monoisotopic (exact) mass is 348 g/mol. The van der Waals surface area contributed by atoms with Crippen molar-refractivity contribution < 1.29 is 23.1 Å². The zero-order chi connectivity index (χ0) is 18.2. The van der Waals surface area contributed by atoms with E-state index < -0.39 is 6.61 Å². The fraction of sp³-hybridized carbons (Fsp3) is 0.222. The number of ether oxygens (including phenoxy) is 1. The minimum absolute atomic E-state index is 0.0235. The van der Waals surface area contributed by atoms with E-state index in [1.165, 1.54) is 12.3 Å². The summed E-state index contributed by atoms with van der Waals surface area (Å²) in [6.45, 7) is 0.619. The van der Waals surface area contributed by atoms with Crippen LogP contribution in [-0.4, -0.2) is 25.3 Å². The number of halogens is 2. The second-order valence-corrected chi connectivity index (χ2v) is 5.29. The summed E-state index contributed by atoms with van der Waals surface area (Å²) in [5.41, 5.74) is 3.05. The van der Waals surface area contributed by atoms with Crippen molar-refractivity contribution in [3.05, 3.63) is 59.2 Å². The molecule has 132 valence electrons. The molecule has 0 aromatic heterocycles. The average Bonchev–Trinajstić information content (AvgIpc) is 2.55. The number of hydrogen-bond acceptors (Lipinski definition) is 4. The summed E-state index contributed by atoms with van der Waals surface area (Å²) in [4.78, 5) is 16.7. The first kappa shape index (κ1) is 18.4. The number of nitrogens with one attached hydrogen (secondary N) is 1. The van der Waals surface area contributed by atoms with Crippen LogP contribution in [0, 0.1) is 13.8 Å². The lowest BCUT2D eigenvalue weighted by molar-refractivity contribution is -0.120. The Bertz CT molecular complexity index is 764. The molecule has 25 heavy (non-hydrogen) atoms. The first-order chi connectivity index (χ1) is 12.0. The van der Waals surface area contributed by atoms with Crippen LogP contribution in [0.2, 0.25) is 0 Å². The summed E-state index contributed by atoms with van der Waals surface area (Å²) in [5.74, 6) is -0.397. The van der Waals surface area contributed by atoms with Gasteiger partial charge in [-0.15, -0.1) is 0 Å². The summed E-state index contributed by atoms with van der Waals surface area (Å²) in [6, 6.07) is 11.8. The van der Waals surface area contributed by atoms with E-state index in [-0.39, 0.29) is 18.3 Å². The summed E-state index contributed by atoms with van der Waals surface area (Å²) < 4.78 is 29.0. The Labute approximate surface area is 144 Å². The van der Waals surface area contributed by atoms with Crippen LogP contribution in [0.25, 0.3) is 0 Å². The van der Waals surface area contributed by atoms with Crippen LogP contribution in [0.15, 0.2) is 47.6 Å². The molecule has 0 spiro atoms. The second-order valence-electron chi connectivity index (χ2n) is 5.29. The topological polar surface area (TPSA) is 59.9 Å². The molecule has 2 rings (SSSR count). The largest absolute Gasteiger partial charge is 0.434 e. The number of nitrogens with zero attached hydrogens (tertiary/aromatic N) is 1. The van der Waals surface area contributed by atoms with Gasteiger partial charge in [-0.3, -0.25) is 4.79 Å². The molecule has 5 nitrogen and oxygen atoms in total. The molecule has 0 fully saturated rings. The number of amides is 1. The highest BCUT2D eigenvalue weighted by Gasteiger charge is 2.08. The van der Waals surface area contributed by atoms with Crippen LogP contribution in [0.5, 0.6) is 5.75 Å². The Kier molecular flexibility index (Phi) is 6.45. The molecule has 7 heteroatoms. The average molecular weight is 348 g/mol. The van der Waals surface area contributed by atoms with Crippen molar-refractivity contribution in [1.29, 1.82) is 0 Å². The molecule has 1 N–H and O–H groups in total. The number of alkyl halides is 2. The highest BCUT2D eigenvalue weighted by atomic mass is 19.3. The maximum absolute atomic E-state index is 12.3. The molecule has 0 bridgehead atoms. The minimum atomic E-state index is -2.93. The number of anilines is 1. The van der Waals surface area contributed by atoms with Gasteiger partial charge in [0.25, 0.3) is 5.91 Å². The fourth-order valence-corrected chi connectivity index (χ4v) is 2.12. The summed E-state index contributed by atoms with van der Waals surface area (Å²) in [5, 5.41) is 6.33. The number of carbonyl (C=O) groups is 1. The quantitative estimate of drug-likeness (QED) is 0.610. The molecule has 2 aromatic rings. The second kappa shape index (κ2) is 8.77. The van der Waals surface area contributed by atoms with Crippen molar-refractivity contribution in [3.8, 4) is 5.75 Å².